The summed E-state index contributed by atoms with van der Waals surface area (Å²) in [5.74, 6) is 0.0517. The van der Waals surface area contributed by atoms with E-state index in [1.54, 1.807) is 17.5 Å². The maximum Gasteiger partial charge on any atom is 0.345 e. The van der Waals surface area contributed by atoms with Crippen molar-refractivity contribution in [3.8, 4) is 11.3 Å². The van der Waals surface area contributed by atoms with E-state index in [0.717, 1.165) is 15.6 Å². The maximum absolute atomic E-state index is 12.3. The molecule has 0 atom stereocenters. The molecule has 5 rings (SSSR count). The lowest BCUT2D eigenvalue weighted by Crippen LogP contribution is -2.13. The molecule has 0 spiro atoms. The Morgan fingerprint density at radius 3 is 2.83 bits per heavy atom. The largest absolute Gasteiger partial charge is 0.422 e. The third kappa shape index (κ3) is 3.87. The fraction of sp³-hybridized carbons (Fsp3) is 0.0476. The Morgan fingerprint density at radius 2 is 1.93 bits per heavy atom. The average molecular weight is 452 g/mol. The summed E-state index contributed by atoms with van der Waals surface area (Å²) in [6, 6.07) is 16.9. The minimum atomic E-state index is -0.427. The first-order valence-corrected chi connectivity index (χ1v) is 11.6. The number of hydrogen-bond acceptors (Lipinski definition) is 8. The number of hydrogen-bond donors (Lipinski definition) is 1. The van der Waals surface area contributed by atoms with E-state index in [1.165, 1.54) is 34.4 Å². The molecule has 0 aliphatic heterocycles. The molecule has 0 saturated carbocycles. The van der Waals surface area contributed by atoms with Gasteiger partial charge in [-0.2, -0.15) is 0 Å². The fourth-order valence-corrected chi connectivity index (χ4v) is 5.40. The number of aromatic nitrogens is 2. The minimum absolute atomic E-state index is 0.152. The minimum Gasteiger partial charge on any atom is -0.422 e. The molecule has 5 aromatic rings. The van der Waals surface area contributed by atoms with Gasteiger partial charge >= 0.3 is 5.63 Å². The van der Waals surface area contributed by atoms with Crippen molar-refractivity contribution in [3.63, 3.8) is 0 Å². The van der Waals surface area contributed by atoms with Gasteiger partial charge in [0.05, 0.1) is 27.2 Å². The van der Waals surface area contributed by atoms with Crippen LogP contribution in [0.25, 0.3) is 32.4 Å². The summed E-state index contributed by atoms with van der Waals surface area (Å²) in [5, 5.41) is 6.05. The van der Waals surface area contributed by atoms with Crippen molar-refractivity contribution in [2.75, 3.05) is 11.1 Å². The molecule has 0 unspecified atom stereocenters. The summed E-state index contributed by atoms with van der Waals surface area (Å²) in [6.07, 6.45) is 0. The highest BCUT2D eigenvalue weighted by Gasteiger charge is 2.13. The summed E-state index contributed by atoms with van der Waals surface area (Å²) in [5.41, 5.74) is 1.94. The van der Waals surface area contributed by atoms with Crippen LogP contribution in [0.2, 0.25) is 0 Å². The zero-order valence-electron chi connectivity index (χ0n) is 15.3. The Kier molecular flexibility index (Phi) is 5.07. The number of benzene rings is 2. The third-order valence-electron chi connectivity index (χ3n) is 4.27. The Labute approximate surface area is 182 Å². The number of carbonyl (C=O) groups is 1. The summed E-state index contributed by atoms with van der Waals surface area (Å²) in [4.78, 5) is 33.5. The number of nitrogens with one attached hydrogen (secondary N) is 1. The number of amides is 1. The van der Waals surface area contributed by atoms with Crippen LogP contribution in [0.4, 0.5) is 5.13 Å². The summed E-state index contributed by atoms with van der Waals surface area (Å²) < 4.78 is 7.11. The highest BCUT2D eigenvalue weighted by molar-refractivity contribution is 8.01. The number of thiazole rings is 2. The lowest BCUT2D eigenvalue weighted by molar-refractivity contribution is -0.113. The molecule has 0 saturated heterocycles. The van der Waals surface area contributed by atoms with Gasteiger partial charge in [-0.3, -0.25) is 4.79 Å². The first kappa shape index (κ1) is 19.0. The highest BCUT2D eigenvalue weighted by atomic mass is 32.2. The van der Waals surface area contributed by atoms with E-state index in [1.807, 2.05) is 42.5 Å². The average Bonchev–Trinajstić information content (AvgIpc) is 3.38. The fourth-order valence-electron chi connectivity index (χ4n) is 2.90. The Hall–Kier alpha value is -3.01. The van der Waals surface area contributed by atoms with Gasteiger partial charge < -0.3 is 9.73 Å². The first-order valence-electron chi connectivity index (χ1n) is 8.93. The molecule has 2 aromatic carbocycles. The van der Waals surface area contributed by atoms with Gasteiger partial charge in [-0.05, 0) is 24.3 Å². The second kappa shape index (κ2) is 8.02. The predicted molar refractivity (Wildman–Crippen MR) is 123 cm³/mol. The second-order valence-electron chi connectivity index (χ2n) is 6.31. The lowest BCUT2D eigenvalue weighted by atomic mass is 10.1. The SMILES string of the molecule is O=C(CSc1nc(-c2cc3ccccc3oc2=O)cs1)Nc1nc2ccccc2s1. The summed E-state index contributed by atoms with van der Waals surface area (Å²) >= 11 is 4.15. The lowest BCUT2D eigenvalue weighted by Gasteiger charge is -2.00. The van der Waals surface area contributed by atoms with Crippen molar-refractivity contribution < 1.29 is 9.21 Å². The van der Waals surface area contributed by atoms with E-state index in [0.29, 0.717) is 26.3 Å². The molecule has 3 aromatic heterocycles. The third-order valence-corrected chi connectivity index (χ3v) is 7.24. The van der Waals surface area contributed by atoms with E-state index < -0.39 is 5.63 Å². The van der Waals surface area contributed by atoms with Crippen LogP contribution in [-0.2, 0) is 4.79 Å². The molecule has 6 nitrogen and oxygen atoms in total. The summed E-state index contributed by atoms with van der Waals surface area (Å²) in [6.45, 7) is 0. The smallest absolute Gasteiger partial charge is 0.345 e. The van der Waals surface area contributed by atoms with Gasteiger partial charge in [0.2, 0.25) is 5.91 Å². The van der Waals surface area contributed by atoms with E-state index in [2.05, 4.69) is 15.3 Å². The monoisotopic (exact) mass is 451 g/mol. The zero-order chi connectivity index (χ0) is 20.5. The van der Waals surface area contributed by atoms with E-state index in [9.17, 15) is 9.59 Å². The van der Waals surface area contributed by atoms with Crippen molar-refractivity contribution in [3.05, 3.63) is 70.4 Å². The van der Waals surface area contributed by atoms with Crippen LogP contribution in [0, 0.1) is 0 Å². The predicted octanol–water partition coefficient (Wildman–Crippen LogP) is 5.26. The molecule has 9 heteroatoms. The Morgan fingerprint density at radius 1 is 1.10 bits per heavy atom. The standard InChI is InChI=1S/C21H13N3O3S3/c25-18(24-20-22-14-6-2-4-8-17(14)30-20)11-29-21-23-15(10-28-21)13-9-12-5-1-3-7-16(12)27-19(13)26/h1-10H,11H2,(H,22,24,25). The first-order chi connectivity index (χ1) is 14.7. The molecule has 1 N–H and O–H groups in total. The number of nitrogens with zero attached hydrogens (tertiary/aromatic N) is 2. The zero-order valence-corrected chi connectivity index (χ0v) is 17.8. The number of fused-ring (bicyclic) bond motifs is 2. The van der Waals surface area contributed by atoms with E-state index in [-0.39, 0.29) is 11.7 Å². The van der Waals surface area contributed by atoms with Gasteiger partial charge in [0.1, 0.15) is 5.58 Å². The molecular formula is C21H13N3O3S3. The highest BCUT2D eigenvalue weighted by Crippen LogP contribution is 2.29. The molecule has 3 heterocycles. The Bertz CT molecular complexity index is 1400. The van der Waals surface area contributed by atoms with Crippen LogP contribution in [0.1, 0.15) is 0 Å². The number of rotatable bonds is 5. The van der Waals surface area contributed by atoms with Crippen LogP contribution in [0.5, 0.6) is 0 Å². The number of carbonyl (C=O) groups excluding carboxylic acids is 1. The van der Waals surface area contributed by atoms with Crippen LogP contribution in [0.15, 0.2) is 73.5 Å². The van der Waals surface area contributed by atoms with Crippen LogP contribution < -0.4 is 10.9 Å². The maximum atomic E-state index is 12.3. The van der Waals surface area contributed by atoms with Gasteiger partial charge in [-0.1, -0.05) is 53.4 Å². The second-order valence-corrected chi connectivity index (χ2v) is 9.42. The number of anilines is 1. The molecule has 0 aliphatic rings. The van der Waals surface area contributed by atoms with Gasteiger partial charge in [-0.25, -0.2) is 14.8 Å². The van der Waals surface area contributed by atoms with Crippen molar-refractivity contribution in [1.82, 2.24) is 9.97 Å². The normalized spacial score (nSPS) is 11.2. The molecule has 0 radical (unpaired) electrons. The van der Waals surface area contributed by atoms with Gasteiger partial charge in [-0.15, -0.1) is 11.3 Å². The summed E-state index contributed by atoms with van der Waals surface area (Å²) in [7, 11) is 0. The van der Waals surface area contributed by atoms with Crippen molar-refractivity contribution in [1.29, 1.82) is 0 Å². The molecule has 0 fully saturated rings. The molecule has 1 amide bonds. The Balaban J connectivity index is 1.27. The molecule has 0 bridgehead atoms. The van der Waals surface area contributed by atoms with Gasteiger partial charge in [0.15, 0.2) is 9.47 Å². The number of thioether (sulfide) groups is 1. The van der Waals surface area contributed by atoms with Crippen molar-refractivity contribution in [2.45, 2.75) is 4.34 Å². The van der Waals surface area contributed by atoms with Crippen LogP contribution >= 0.6 is 34.4 Å². The molecular weight excluding hydrogens is 438 g/mol. The molecule has 30 heavy (non-hydrogen) atoms. The van der Waals surface area contributed by atoms with Gasteiger partial charge in [0, 0.05) is 10.8 Å². The topological polar surface area (TPSA) is 85.1 Å². The van der Waals surface area contributed by atoms with Crippen molar-refractivity contribution >= 4 is 66.7 Å². The number of para-hydroxylation sites is 2. The quantitative estimate of drug-likeness (QED) is 0.290. The van der Waals surface area contributed by atoms with E-state index in [4.69, 9.17) is 4.42 Å². The van der Waals surface area contributed by atoms with Gasteiger partial charge in [0.25, 0.3) is 0 Å². The van der Waals surface area contributed by atoms with Crippen LogP contribution in [-0.4, -0.2) is 21.6 Å². The van der Waals surface area contributed by atoms with Crippen molar-refractivity contribution in [2.24, 2.45) is 0 Å². The van der Waals surface area contributed by atoms with Crippen LogP contribution in [0.3, 0.4) is 0 Å². The van der Waals surface area contributed by atoms with E-state index >= 15 is 0 Å². The molecule has 148 valence electrons. The molecule has 0 aliphatic carbocycles.